The van der Waals surface area contributed by atoms with Crippen LogP contribution >= 0.6 is 11.8 Å². The predicted octanol–water partition coefficient (Wildman–Crippen LogP) is 8.00. The van der Waals surface area contributed by atoms with Gasteiger partial charge >= 0.3 is 12.4 Å². The summed E-state index contributed by atoms with van der Waals surface area (Å²) < 4.78 is 42.6. The van der Waals surface area contributed by atoms with Gasteiger partial charge in [0.2, 0.25) is 0 Å². The summed E-state index contributed by atoms with van der Waals surface area (Å²) in [6.45, 7) is 7.19. The second-order valence-corrected chi connectivity index (χ2v) is 11.6. The molecule has 2 heterocycles. The third kappa shape index (κ3) is 7.93. The van der Waals surface area contributed by atoms with Gasteiger partial charge in [0.1, 0.15) is 12.1 Å². The molecule has 0 atom stereocenters. The Hall–Kier alpha value is -4.45. The van der Waals surface area contributed by atoms with E-state index in [0.29, 0.717) is 29.0 Å². The molecule has 12 heteroatoms. The minimum atomic E-state index is -4.75. The number of aliphatic imine (C=N–C) groups is 2. The lowest BCUT2D eigenvalue weighted by Crippen LogP contribution is -2.35. The number of ether oxygens (including phenoxy) is 1. The number of aromatic nitrogens is 3. The monoisotopic (exact) mass is 620 g/mol. The number of rotatable bonds is 7. The highest BCUT2D eigenvalue weighted by Crippen LogP contribution is 2.33. The maximum atomic E-state index is 12.7. The minimum absolute atomic E-state index is 0.313. The molecule has 228 valence electrons. The molecule has 1 aliphatic rings. The minimum Gasteiger partial charge on any atom is -0.406 e. The number of amidine groups is 1. The highest BCUT2D eigenvalue weighted by Gasteiger charge is 2.31. The van der Waals surface area contributed by atoms with Crippen LogP contribution in [0.15, 0.2) is 83.0 Å². The van der Waals surface area contributed by atoms with Crippen LogP contribution in [0.4, 0.5) is 23.7 Å². The van der Waals surface area contributed by atoms with E-state index in [1.165, 1.54) is 40.8 Å². The molecule has 0 radical (unpaired) electrons. The van der Waals surface area contributed by atoms with Gasteiger partial charge in [-0.25, -0.2) is 19.5 Å². The van der Waals surface area contributed by atoms with E-state index in [2.05, 4.69) is 68.7 Å². The van der Waals surface area contributed by atoms with Gasteiger partial charge in [0.15, 0.2) is 11.0 Å². The van der Waals surface area contributed by atoms with Crippen molar-refractivity contribution in [1.82, 2.24) is 14.8 Å². The van der Waals surface area contributed by atoms with E-state index in [1.807, 2.05) is 24.3 Å². The summed E-state index contributed by atoms with van der Waals surface area (Å²) in [6, 6.07) is 18.7. The number of urea groups is 1. The number of aryl methyl sites for hydroxylation is 1. The number of hydrogen-bond donors (Lipinski definition) is 0. The van der Waals surface area contributed by atoms with Crippen molar-refractivity contribution in [2.24, 2.45) is 9.98 Å². The summed E-state index contributed by atoms with van der Waals surface area (Å²) in [4.78, 5) is 27.6. The first-order chi connectivity index (χ1) is 21.1. The summed E-state index contributed by atoms with van der Waals surface area (Å²) in [6.07, 6.45) is -0.259. The first kappa shape index (κ1) is 31.0. The Morgan fingerprint density at radius 2 is 1.84 bits per heavy atom. The Bertz CT molecular complexity index is 1660. The highest BCUT2D eigenvalue weighted by atomic mass is 32.2. The zero-order valence-electron chi connectivity index (χ0n) is 24.5. The molecule has 0 unspecified atom stereocenters. The van der Waals surface area contributed by atoms with Gasteiger partial charge < -0.3 is 9.64 Å². The number of amides is 2. The van der Waals surface area contributed by atoms with E-state index >= 15 is 0 Å². The lowest BCUT2D eigenvalue weighted by molar-refractivity contribution is -0.274. The molecule has 5 rings (SSSR count). The second kappa shape index (κ2) is 13.5. The average Bonchev–Trinajstić information content (AvgIpc) is 3.48. The van der Waals surface area contributed by atoms with Crippen molar-refractivity contribution in [3.8, 4) is 22.8 Å². The molecular weight excluding hydrogens is 589 g/mol. The molecule has 0 saturated carbocycles. The molecule has 3 aromatic carbocycles. The summed E-state index contributed by atoms with van der Waals surface area (Å²) in [5.41, 5.74) is 5.71. The van der Waals surface area contributed by atoms with Gasteiger partial charge in [-0.05, 0) is 66.3 Å². The van der Waals surface area contributed by atoms with Gasteiger partial charge in [-0.2, -0.15) is 4.99 Å². The molecule has 0 aliphatic carbocycles. The van der Waals surface area contributed by atoms with Gasteiger partial charge in [0.05, 0.1) is 5.69 Å². The number of benzene rings is 3. The summed E-state index contributed by atoms with van der Waals surface area (Å²) in [5.74, 6) is 1.38. The number of alkyl halides is 3. The van der Waals surface area contributed by atoms with Gasteiger partial charge in [-0.1, -0.05) is 62.0 Å². The Kier molecular flexibility index (Phi) is 9.48. The number of carbonyl (C=O) groups is 1. The van der Waals surface area contributed by atoms with Gasteiger partial charge in [0, 0.05) is 36.2 Å². The lowest BCUT2D eigenvalue weighted by atomic mass is 9.98. The number of thioether (sulfide) groups is 1. The van der Waals surface area contributed by atoms with Gasteiger partial charge in [0.25, 0.3) is 0 Å². The van der Waals surface area contributed by atoms with E-state index in [9.17, 15) is 18.0 Å². The van der Waals surface area contributed by atoms with Crippen LogP contribution < -0.4 is 9.64 Å². The molecule has 1 fully saturated rings. The molecule has 0 N–H and O–H groups in total. The Labute approximate surface area is 257 Å². The van der Waals surface area contributed by atoms with E-state index < -0.39 is 12.4 Å². The Balaban J connectivity index is 1.21. The second-order valence-electron chi connectivity index (χ2n) is 10.5. The van der Waals surface area contributed by atoms with Crippen LogP contribution in [0.1, 0.15) is 42.9 Å². The van der Waals surface area contributed by atoms with Crippen molar-refractivity contribution in [3.05, 3.63) is 89.7 Å². The number of halogens is 3. The molecular formula is C32H31F3N6O2S. The first-order valence-electron chi connectivity index (χ1n) is 14.1. The fourth-order valence-electron chi connectivity index (χ4n) is 4.70. The summed E-state index contributed by atoms with van der Waals surface area (Å²) >= 11 is 1.57. The van der Waals surface area contributed by atoms with Crippen LogP contribution in [-0.4, -0.2) is 50.8 Å². The molecule has 0 spiro atoms. The van der Waals surface area contributed by atoms with Crippen molar-refractivity contribution >= 4 is 34.9 Å². The largest absolute Gasteiger partial charge is 0.573 e. The SMILES string of the molecule is Cc1ccc(C(C)C)c(N2CCCSC2=NC(=O)N=CCc2ccc(-c3ncn(-c4ccc(OC(F)(F)F)cc4)n3)cc2)c1. The van der Waals surface area contributed by atoms with E-state index in [-0.39, 0.29) is 5.75 Å². The molecule has 1 saturated heterocycles. The maximum absolute atomic E-state index is 12.7. The summed E-state index contributed by atoms with van der Waals surface area (Å²) in [5, 5.41) is 5.10. The van der Waals surface area contributed by atoms with E-state index in [1.54, 1.807) is 18.0 Å². The predicted molar refractivity (Wildman–Crippen MR) is 168 cm³/mol. The van der Waals surface area contributed by atoms with Crippen LogP contribution in [-0.2, 0) is 6.42 Å². The van der Waals surface area contributed by atoms with Crippen LogP contribution in [0, 0.1) is 6.92 Å². The normalized spacial score (nSPS) is 15.0. The van der Waals surface area contributed by atoms with Crippen molar-refractivity contribution in [1.29, 1.82) is 0 Å². The number of hydrogen-bond acceptors (Lipinski definition) is 5. The third-order valence-electron chi connectivity index (χ3n) is 6.85. The van der Waals surface area contributed by atoms with Crippen molar-refractivity contribution in [2.45, 2.75) is 45.9 Å². The lowest BCUT2D eigenvalue weighted by Gasteiger charge is -2.32. The van der Waals surface area contributed by atoms with E-state index in [0.717, 1.165) is 41.1 Å². The zero-order valence-corrected chi connectivity index (χ0v) is 25.3. The van der Waals surface area contributed by atoms with Crippen LogP contribution in [0.5, 0.6) is 5.75 Å². The molecule has 8 nitrogen and oxygen atoms in total. The average molecular weight is 621 g/mol. The van der Waals surface area contributed by atoms with Crippen LogP contribution in [0.3, 0.4) is 0 Å². The number of carbonyl (C=O) groups excluding carboxylic acids is 1. The van der Waals surface area contributed by atoms with E-state index in [4.69, 9.17) is 0 Å². The Morgan fingerprint density at radius 3 is 2.55 bits per heavy atom. The molecule has 1 aromatic heterocycles. The number of nitrogens with zero attached hydrogens (tertiary/aromatic N) is 6. The zero-order chi connectivity index (χ0) is 31.3. The molecule has 0 bridgehead atoms. The smallest absolute Gasteiger partial charge is 0.406 e. The molecule has 1 aliphatic heterocycles. The molecule has 44 heavy (non-hydrogen) atoms. The van der Waals surface area contributed by atoms with Crippen molar-refractivity contribution < 1.29 is 22.7 Å². The Morgan fingerprint density at radius 1 is 1.09 bits per heavy atom. The van der Waals surface area contributed by atoms with Crippen molar-refractivity contribution in [2.75, 3.05) is 17.2 Å². The van der Waals surface area contributed by atoms with Crippen LogP contribution in [0.2, 0.25) is 0 Å². The quantitative estimate of drug-likeness (QED) is 0.195. The standard InChI is InChI=1S/C32H31F3N6O2S/c1-21(2)27-14-5-22(3)19-28(27)40-17-4-18-44-31(40)38-30(42)36-16-15-23-6-8-24(9-7-23)29-37-20-41(39-29)25-10-12-26(13-11-25)43-32(33,34)35/h5-14,16,19-21H,4,15,17-18H2,1-3H3. The fourth-order valence-corrected chi connectivity index (χ4v) is 5.65. The van der Waals surface area contributed by atoms with Crippen molar-refractivity contribution in [3.63, 3.8) is 0 Å². The van der Waals surface area contributed by atoms with Gasteiger partial charge in [-0.15, -0.1) is 18.3 Å². The topological polar surface area (TPSA) is 85.0 Å². The maximum Gasteiger partial charge on any atom is 0.573 e. The third-order valence-corrected chi connectivity index (χ3v) is 7.91. The van der Waals surface area contributed by atoms with Gasteiger partial charge in [-0.3, -0.25) is 0 Å². The highest BCUT2D eigenvalue weighted by molar-refractivity contribution is 8.14. The fraction of sp³-hybridized carbons (Fsp3) is 0.281. The molecule has 4 aromatic rings. The summed E-state index contributed by atoms with van der Waals surface area (Å²) in [7, 11) is 0. The number of anilines is 1. The first-order valence-corrected chi connectivity index (χ1v) is 15.1. The molecule has 2 amide bonds. The van der Waals surface area contributed by atoms with Crippen LogP contribution in [0.25, 0.3) is 17.1 Å².